The summed E-state index contributed by atoms with van der Waals surface area (Å²) in [6, 6.07) is 2.62. The highest BCUT2D eigenvalue weighted by Gasteiger charge is 2.62. The summed E-state index contributed by atoms with van der Waals surface area (Å²) in [5.74, 6) is -1.93. The molecule has 2 saturated heterocycles. The van der Waals surface area contributed by atoms with Gasteiger partial charge < -0.3 is 32.7 Å². The highest BCUT2D eigenvalue weighted by atomic mass is 28.5. The van der Waals surface area contributed by atoms with Gasteiger partial charge in [-0.3, -0.25) is 0 Å². The van der Waals surface area contributed by atoms with Crippen LogP contribution in [0.4, 0.5) is 8.78 Å². The SMILES string of the molecule is CC(C)[Si]1(C(C)C)OC[C@H]2O[C@@H](n3cnc4c(F)c(F)ccc43)[C@H](OCCCN)[C@@H]2O[Si](C(C)C)(C(C)C)O1. The van der Waals surface area contributed by atoms with Gasteiger partial charge in [-0.25, -0.2) is 13.8 Å². The van der Waals surface area contributed by atoms with E-state index in [1.807, 2.05) is 0 Å². The van der Waals surface area contributed by atoms with Crippen LogP contribution < -0.4 is 5.73 Å². The molecule has 12 heteroatoms. The summed E-state index contributed by atoms with van der Waals surface area (Å²) in [5, 5.41) is 0. The summed E-state index contributed by atoms with van der Waals surface area (Å²) in [5.41, 5.74) is 6.81. The zero-order valence-electron chi connectivity index (χ0n) is 24.4. The number of rotatable bonds is 9. The van der Waals surface area contributed by atoms with Gasteiger partial charge in [0.15, 0.2) is 17.9 Å². The topological polar surface area (TPSA) is 90.0 Å². The second kappa shape index (κ2) is 11.9. The first-order valence-electron chi connectivity index (χ1n) is 14.2. The summed E-state index contributed by atoms with van der Waals surface area (Å²) in [4.78, 5) is 4.17. The molecule has 39 heavy (non-hydrogen) atoms. The molecule has 0 unspecified atom stereocenters. The monoisotopic (exact) mass is 585 g/mol. The van der Waals surface area contributed by atoms with Crippen molar-refractivity contribution in [2.75, 3.05) is 19.8 Å². The predicted octanol–water partition coefficient (Wildman–Crippen LogP) is 5.90. The number of ether oxygens (including phenoxy) is 2. The third-order valence-electron chi connectivity index (χ3n) is 8.19. The standard InChI is InChI=1S/C27H45F2N3O5Si2/c1-16(2)38(17(3)4)34-14-22-25(36-39(37-38,18(5)6)19(7)8)26(33-13-9-12-30)27(35-22)32-15-31-24-21(32)11-10-20(28)23(24)29/h10-11,15-19,22,25-27H,9,12-14,30H2,1-8H3/t22-,25-,26-,27-/m1/s1. The van der Waals surface area contributed by atoms with E-state index in [0.717, 1.165) is 6.07 Å². The van der Waals surface area contributed by atoms with Gasteiger partial charge in [0.1, 0.15) is 23.8 Å². The van der Waals surface area contributed by atoms with E-state index < -0.39 is 53.3 Å². The van der Waals surface area contributed by atoms with Gasteiger partial charge in [0.25, 0.3) is 0 Å². The van der Waals surface area contributed by atoms with E-state index in [9.17, 15) is 8.78 Å². The van der Waals surface area contributed by atoms with Gasteiger partial charge in [0.05, 0.1) is 18.5 Å². The third kappa shape index (κ3) is 5.39. The van der Waals surface area contributed by atoms with Crippen molar-refractivity contribution in [2.24, 2.45) is 5.73 Å². The van der Waals surface area contributed by atoms with Crippen LogP contribution in [0.15, 0.2) is 18.5 Å². The second-order valence-electron chi connectivity index (χ2n) is 12.0. The Bertz CT molecular complexity index is 1120. The number of aromatic nitrogens is 2. The van der Waals surface area contributed by atoms with Crippen LogP contribution >= 0.6 is 0 Å². The van der Waals surface area contributed by atoms with Crippen molar-refractivity contribution in [3.63, 3.8) is 0 Å². The zero-order valence-corrected chi connectivity index (χ0v) is 26.4. The van der Waals surface area contributed by atoms with Crippen molar-refractivity contribution < 1.29 is 31.2 Å². The molecule has 0 bridgehead atoms. The lowest BCUT2D eigenvalue weighted by Crippen LogP contribution is -2.66. The predicted molar refractivity (Wildman–Crippen MR) is 151 cm³/mol. The Balaban J connectivity index is 1.82. The molecule has 2 fully saturated rings. The van der Waals surface area contributed by atoms with Crippen LogP contribution in [-0.4, -0.2) is 64.7 Å². The Kier molecular flexibility index (Phi) is 9.39. The molecule has 8 nitrogen and oxygen atoms in total. The molecule has 2 aromatic rings. The summed E-state index contributed by atoms with van der Waals surface area (Å²) in [7, 11) is -5.67. The van der Waals surface area contributed by atoms with Crippen LogP contribution in [0.1, 0.15) is 68.0 Å². The molecular weight excluding hydrogens is 540 g/mol. The summed E-state index contributed by atoms with van der Waals surface area (Å²) in [6.07, 6.45) is -0.0436. The number of halogens is 2. The zero-order chi connectivity index (χ0) is 28.7. The number of hydrogen-bond acceptors (Lipinski definition) is 7. The molecule has 0 radical (unpaired) electrons. The van der Waals surface area contributed by atoms with Crippen molar-refractivity contribution in [3.05, 3.63) is 30.1 Å². The second-order valence-corrected chi connectivity index (χ2v) is 20.8. The Hall–Kier alpha value is -1.26. The number of hydrogen-bond donors (Lipinski definition) is 1. The molecule has 1 aromatic carbocycles. The third-order valence-corrected chi connectivity index (χ3v) is 18.4. The van der Waals surface area contributed by atoms with Gasteiger partial charge >= 0.3 is 17.1 Å². The number of nitrogens with zero attached hydrogens (tertiary/aromatic N) is 2. The van der Waals surface area contributed by atoms with Gasteiger partial charge in [-0.2, -0.15) is 0 Å². The average Bonchev–Trinajstić information content (AvgIpc) is 3.42. The Morgan fingerprint density at radius 3 is 2.26 bits per heavy atom. The lowest BCUT2D eigenvalue weighted by molar-refractivity contribution is -0.0691. The fraction of sp³-hybridized carbons (Fsp3) is 0.741. The maximum absolute atomic E-state index is 14.6. The average molecular weight is 586 g/mol. The fourth-order valence-corrected chi connectivity index (χ4v) is 17.3. The molecular formula is C27H45F2N3O5Si2. The van der Waals surface area contributed by atoms with Crippen LogP contribution in [0, 0.1) is 11.6 Å². The molecule has 1 aromatic heterocycles. The molecule has 2 aliphatic rings. The van der Waals surface area contributed by atoms with Crippen molar-refractivity contribution in [1.82, 2.24) is 9.55 Å². The molecule has 0 aliphatic carbocycles. The molecule has 0 amide bonds. The van der Waals surface area contributed by atoms with E-state index in [0.29, 0.717) is 25.1 Å². The first-order valence-corrected chi connectivity index (χ1v) is 18.1. The van der Waals surface area contributed by atoms with E-state index in [2.05, 4.69) is 60.4 Å². The smallest absolute Gasteiger partial charge is 0.335 e. The minimum absolute atomic E-state index is 0.0525. The Labute approximate surface area is 233 Å². The Morgan fingerprint density at radius 1 is 1.03 bits per heavy atom. The van der Waals surface area contributed by atoms with Crippen molar-refractivity contribution in [3.8, 4) is 0 Å². The lowest BCUT2D eigenvalue weighted by Gasteiger charge is -2.51. The first kappa shape index (κ1) is 30.7. The van der Waals surface area contributed by atoms with Crippen LogP contribution in [0.5, 0.6) is 0 Å². The Morgan fingerprint density at radius 2 is 1.67 bits per heavy atom. The van der Waals surface area contributed by atoms with E-state index in [4.69, 9.17) is 28.2 Å². The molecule has 220 valence electrons. The largest absolute Gasteiger partial charge is 0.414 e. The van der Waals surface area contributed by atoms with Crippen molar-refractivity contribution in [1.29, 1.82) is 0 Å². The molecule has 2 N–H and O–H groups in total. The van der Waals surface area contributed by atoms with Gasteiger partial charge in [-0.05, 0) is 47.3 Å². The molecule has 4 rings (SSSR count). The van der Waals surface area contributed by atoms with Gasteiger partial charge in [0.2, 0.25) is 0 Å². The highest BCUT2D eigenvalue weighted by molar-refractivity contribution is 6.84. The molecule has 2 aliphatic heterocycles. The van der Waals surface area contributed by atoms with E-state index >= 15 is 0 Å². The number of imidazole rings is 1. The maximum atomic E-state index is 14.6. The normalized spacial score (nSPS) is 27.1. The number of nitrogens with two attached hydrogens (primary N) is 1. The van der Waals surface area contributed by atoms with Gasteiger partial charge in [0, 0.05) is 6.61 Å². The van der Waals surface area contributed by atoms with Crippen molar-refractivity contribution >= 4 is 28.2 Å². The van der Waals surface area contributed by atoms with E-state index in [1.165, 1.54) is 12.4 Å². The minimum Gasteiger partial charge on any atom is -0.414 e. The minimum atomic E-state index is -2.92. The molecule has 0 saturated carbocycles. The van der Waals surface area contributed by atoms with E-state index in [-0.39, 0.29) is 34.3 Å². The number of benzene rings is 1. The van der Waals surface area contributed by atoms with Gasteiger partial charge in [-0.15, -0.1) is 0 Å². The summed E-state index contributed by atoms with van der Waals surface area (Å²) in [6.45, 7) is 18.5. The van der Waals surface area contributed by atoms with Crippen LogP contribution in [0.2, 0.25) is 22.2 Å². The molecule has 3 heterocycles. The number of fused-ring (bicyclic) bond motifs is 2. The molecule has 4 atom stereocenters. The van der Waals surface area contributed by atoms with Gasteiger partial charge in [-0.1, -0.05) is 55.4 Å². The fourth-order valence-electron chi connectivity index (χ4n) is 6.07. The summed E-state index contributed by atoms with van der Waals surface area (Å²) >= 11 is 0. The van der Waals surface area contributed by atoms with Crippen LogP contribution in [0.25, 0.3) is 11.0 Å². The van der Waals surface area contributed by atoms with Crippen LogP contribution in [-0.2, 0) is 22.4 Å². The summed E-state index contributed by atoms with van der Waals surface area (Å²) < 4.78 is 64.7. The highest BCUT2D eigenvalue weighted by Crippen LogP contribution is 2.49. The van der Waals surface area contributed by atoms with E-state index in [1.54, 1.807) is 4.57 Å². The molecule has 0 spiro atoms. The van der Waals surface area contributed by atoms with Crippen LogP contribution in [0.3, 0.4) is 0 Å². The quantitative estimate of drug-likeness (QED) is 0.289. The van der Waals surface area contributed by atoms with Crippen molar-refractivity contribution in [2.45, 2.75) is 109 Å². The first-order chi connectivity index (χ1) is 18.4. The maximum Gasteiger partial charge on any atom is 0.335 e. The lowest BCUT2D eigenvalue weighted by atomic mass is 10.1.